The molecule has 3 aromatic rings. The van der Waals surface area contributed by atoms with E-state index in [4.69, 9.17) is 4.42 Å². The second-order valence-corrected chi connectivity index (χ2v) is 5.82. The van der Waals surface area contributed by atoms with E-state index in [-0.39, 0.29) is 28.5 Å². The lowest BCUT2D eigenvalue weighted by Crippen LogP contribution is -2.13. The monoisotopic (exact) mass is 391 g/mol. The summed E-state index contributed by atoms with van der Waals surface area (Å²) in [7, 11) is 0. The number of non-ortho nitro benzene ring substituents is 1. The van der Waals surface area contributed by atoms with Crippen LogP contribution in [0.15, 0.2) is 53.1 Å². The molecule has 28 heavy (non-hydrogen) atoms. The molecule has 0 aliphatic heterocycles. The number of nitrogens with one attached hydrogen (secondary N) is 1. The molecule has 144 valence electrons. The SMILES string of the molecule is Cc1ccc([N+](=O)[O-])cc1NC(=O)c1coc(-c2ccc(C(F)(F)F)cc2)n1. The Balaban J connectivity index is 1.79. The lowest BCUT2D eigenvalue weighted by atomic mass is 10.1. The molecular formula is C18H12F3N3O4. The summed E-state index contributed by atoms with van der Waals surface area (Å²) in [5.74, 6) is -0.708. The summed E-state index contributed by atoms with van der Waals surface area (Å²) >= 11 is 0. The number of hydrogen-bond acceptors (Lipinski definition) is 5. The minimum Gasteiger partial charge on any atom is -0.444 e. The van der Waals surface area contributed by atoms with Crippen molar-refractivity contribution in [2.45, 2.75) is 13.1 Å². The molecule has 0 aliphatic rings. The minimum atomic E-state index is -4.46. The van der Waals surface area contributed by atoms with Gasteiger partial charge in [0, 0.05) is 17.7 Å². The predicted molar refractivity (Wildman–Crippen MR) is 92.7 cm³/mol. The molecule has 1 amide bonds. The third-order valence-electron chi connectivity index (χ3n) is 3.88. The molecule has 1 heterocycles. The van der Waals surface area contributed by atoms with Crippen LogP contribution in [0.4, 0.5) is 24.5 Å². The molecule has 7 nitrogen and oxygen atoms in total. The fourth-order valence-corrected chi connectivity index (χ4v) is 2.36. The van der Waals surface area contributed by atoms with E-state index in [0.717, 1.165) is 18.4 Å². The quantitative estimate of drug-likeness (QED) is 0.507. The molecular weight excluding hydrogens is 379 g/mol. The van der Waals surface area contributed by atoms with Gasteiger partial charge in [0.15, 0.2) is 5.69 Å². The molecule has 0 saturated carbocycles. The van der Waals surface area contributed by atoms with Crippen molar-refractivity contribution in [3.63, 3.8) is 0 Å². The van der Waals surface area contributed by atoms with Crippen LogP contribution >= 0.6 is 0 Å². The summed E-state index contributed by atoms with van der Waals surface area (Å²) in [6.45, 7) is 1.66. The molecule has 0 saturated heterocycles. The number of nitrogens with zero attached hydrogens (tertiary/aromatic N) is 2. The second kappa shape index (κ2) is 7.14. The number of oxazole rings is 1. The topological polar surface area (TPSA) is 98.3 Å². The molecule has 0 fully saturated rings. The van der Waals surface area contributed by atoms with Crippen molar-refractivity contribution < 1.29 is 27.3 Å². The number of nitro benzene ring substituents is 1. The van der Waals surface area contributed by atoms with Crippen molar-refractivity contribution in [2.24, 2.45) is 0 Å². The van der Waals surface area contributed by atoms with Crippen LogP contribution in [0, 0.1) is 17.0 Å². The molecule has 3 rings (SSSR count). The van der Waals surface area contributed by atoms with Crippen molar-refractivity contribution in [3.8, 4) is 11.5 Å². The molecule has 1 N–H and O–H groups in total. The third-order valence-corrected chi connectivity index (χ3v) is 3.88. The van der Waals surface area contributed by atoms with E-state index in [1.807, 2.05) is 0 Å². The van der Waals surface area contributed by atoms with Gasteiger partial charge in [0.1, 0.15) is 6.26 Å². The number of aromatic nitrogens is 1. The maximum absolute atomic E-state index is 12.6. The highest BCUT2D eigenvalue weighted by molar-refractivity contribution is 6.03. The molecule has 2 aromatic carbocycles. The van der Waals surface area contributed by atoms with Crippen molar-refractivity contribution >= 4 is 17.3 Å². The third kappa shape index (κ3) is 4.00. The van der Waals surface area contributed by atoms with E-state index in [9.17, 15) is 28.1 Å². The number of carbonyl (C=O) groups excluding carboxylic acids is 1. The minimum absolute atomic E-state index is 0.0327. The zero-order valence-corrected chi connectivity index (χ0v) is 14.3. The summed E-state index contributed by atoms with van der Waals surface area (Å²) in [4.78, 5) is 26.6. The summed E-state index contributed by atoms with van der Waals surface area (Å²) in [5, 5.41) is 13.4. The lowest BCUT2D eigenvalue weighted by Gasteiger charge is -2.06. The van der Waals surface area contributed by atoms with Gasteiger partial charge in [-0.1, -0.05) is 6.07 Å². The fourth-order valence-electron chi connectivity index (χ4n) is 2.36. The summed E-state index contributed by atoms with van der Waals surface area (Å²) in [6.07, 6.45) is -3.41. The molecule has 0 unspecified atom stereocenters. The number of rotatable bonds is 4. The molecule has 10 heteroatoms. The van der Waals surface area contributed by atoms with Gasteiger partial charge in [-0.05, 0) is 36.8 Å². The first-order chi connectivity index (χ1) is 13.1. The first kappa shape index (κ1) is 19.1. The standard InChI is InChI=1S/C18H12F3N3O4/c1-10-2-7-13(24(26)27)8-14(10)22-16(25)15-9-28-17(23-15)11-3-5-12(6-4-11)18(19,20)21/h2-9H,1H3,(H,22,25). The molecule has 1 aromatic heterocycles. The Morgan fingerprint density at radius 3 is 2.46 bits per heavy atom. The number of benzene rings is 2. The van der Waals surface area contributed by atoms with Crippen LogP contribution in [-0.2, 0) is 6.18 Å². The van der Waals surface area contributed by atoms with E-state index in [2.05, 4.69) is 10.3 Å². The molecule has 0 radical (unpaired) electrons. The fraction of sp³-hybridized carbons (Fsp3) is 0.111. The van der Waals surface area contributed by atoms with Crippen LogP contribution in [0.2, 0.25) is 0 Å². The Hall–Kier alpha value is -3.69. The van der Waals surface area contributed by atoms with Crippen LogP contribution in [0.25, 0.3) is 11.5 Å². The van der Waals surface area contributed by atoms with Gasteiger partial charge in [-0.3, -0.25) is 14.9 Å². The van der Waals surface area contributed by atoms with Crippen LogP contribution in [-0.4, -0.2) is 15.8 Å². The highest BCUT2D eigenvalue weighted by Crippen LogP contribution is 2.31. The Morgan fingerprint density at radius 1 is 1.18 bits per heavy atom. The van der Waals surface area contributed by atoms with Gasteiger partial charge in [-0.15, -0.1) is 0 Å². The number of anilines is 1. The normalized spacial score (nSPS) is 11.3. The zero-order chi connectivity index (χ0) is 20.5. The van der Waals surface area contributed by atoms with Crippen molar-refractivity contribution in [1.82, 2.24) is 4.98 Å². The number of alkyl halides is 3. The smallest absolute Gasteiger partial charge is 0.416 e. The van der Waals surface area contributed by atoms with Gasteiger partial charge in [0.25, 0.3) is 11.6 Å². The van der Waals surface area contributed by atoms with E-state index in [1.54, 1.807) is 6.92 Å². The van der Waals surface area contributed by atoms with E-state index < -0.39 is 22.6 Å². The maximum Gasteiger partial charge on any atom is 0.416 e. The Labute approximate surface area is 156 Å². The van der Waals surface area contributed by atoms with Crippen molar-refractivity contribution in [2.75, 3.05) is 5.32 Å². The lowest BCUT2D eigenvalue weighted by molar-refractivity contribution is -0.384. The van der Waals surface area contributed by atoms with Gasteiger partial charge >= 0.3 is 6.18 Å². The van der Waals surface area contributed by atoms with E-state index in [1.165, 1.54) is 30.3 Å². The second-order valence-electron chi connectivity index (χ2n) is 5.82. The highest BCUT2D eigenvalue weighted by Gasteiger charge is 2.30. The Bertz CT molecular complexity index is 1040. The molecule has 0 spiro atoms. The van der Waals surface area contributed by atoms with Gasteiger partial charge < -0.3 is 9.73 Å². The van der Waals surface area contributed by atoms with Crippen LogP contribution in [0.1, 0.15) is 21.6 Å². The number of hydrogen-bond donors (Lipinski definition) is 1. The summed E-state index contributed by atoms with van der Waals surface area (Å²) < 4.78 is 43.0. The number of amides is 1. The number of halogens is 3. The first-order valence-electron chi connectivity index (χ1n) is 7.84. The van der Waals surface area contributed by atoms with Gasteiger partial charge in [0.2, 0.25) is 5.89 Å². The van der Waals surface area contributed by atoms with Gasteiger partial charge in [-0.25, -0.2) is 4.98 Å². The average molecular weight is 391 g/mol. The van der Waals surface area contributed by atoms with Crippen LogP contribution in [0.3, 0.4) is 0 Å². The van der Waals surface area contributed by atoms with E-state index in [0.29, 0.717) is 5.56 Å². The largest absolute Gasteiger partial charge is 0.444 e. The van der Waals surface area contributed by atoms with Crippen LogP contribution in [0.5, 0.6) is 0 Å². The van der Waals surface area contributed by atoms with Crippen LogP contribution < -0.4 is 5.32 Å². The van der Waals surface area contributed by atoms with E-state index >= 15 is 0 Å². The predicted octanol–water partition coefficient (Wildman–Crippen LogP) is 4.83. The summed E-state index contributed by atoms with van der Waals surface area (Å²) in [5.41, 5.74) is -0.0310. The number of nitro groups is 1. The number of carbonyl (C=O) groups is 1. The zero-order valence-electron chi connectivity index (χ0n) is 14.3. The van der Waals surface area contributed by atoms with Crippen molar-refractivity contribution in [1.29, 1.82) is 0 Å². The maximum atomic E-state index is 12.6. The molecule has 0 bridgehead atoms. The Kier molecular flexibility index (Phi) is 4.87. The highest BCUT2D eigenvalue weighted by atomic mass is 19.4. The summed E-state index contributed by atoms with van der Waals surface area (Å²) in [6, 6.07) is 8.14. The molecule has 0 atom stereocenters. The van der Waals surface area contributed by atoms with Gasteiger partial charge in [-0.2, -0.15) is 13.2 Å². The number of aryl methyl sites for hydroxylation is 1. The average Bonchev–Trinajstić information content (AvgIpc) is 3.13. The van der Waals surface area contributed by atoms with Gasteiger partial charge in [0.05, 0.1) is 16.2 Å². The molecule has 0 aliphatic carbocycles. The Morgan fingerprint density at radius 2 is 1.86 bits per heavy atom. The first-order valence-corrected chi connectivity index (χ1v) is 7.84. The van der Waals surface area contributed by atoms with Crippen molar-refractivity contribution in [3.05, 3.63) is 75.7 Å².